The number of nitrogens with zero attached hydrogens (tertiary/aromatic N) is 2. The summed E-state index contributed by atoms with van der Waals surface area (Å²) in [5.41, 5.74) is 7.28. The normalized spacial score (nSPS) is 15.5. The van der Waals surface area contributed by atoms with Crippen molar-refractivity contribution >= 4 is 17.4 Å². The Morgan fingerprint density at radius 1 is 1.38 bits per heavy atom. The fourth-order valence-corrected chi connectivity index (χ4v) is 3.71. The van der Waals surface area contributed by atoms with E-state index in [4.69, 9.17) is 15.0 Å². The summed E-state index contributed by atoms with van der Waals surface area (Å²) < 4.78 is 10.5. The highest BCUT2D eigenvalue weighted by Gasteiger charge is 2.17. The molecule has 0 radical (unpaired) electrons. The maximum Gasteiger partial charge on any atom is 0.258 e. The maximum absolute atomic E-state index is 5.90. The molecule has 1 aromatic heterocycles. The number of hydrogen-bond acceptors (Lipinski definition) is 6. The molecule has 0 unspecified atom stereocenters. The van der Waals surface area contributed by atoms with Crippen LogP contribution in [0.1, 0.15) is 31.5 Å². The van der Waals surface area contributed by atoms with E-state index < -0.39 is 0 Å². The Hall–Kier alpha value is -1.69. The number of ether oxygens (including phenoxy) is 1. The molecule has 0 saturated heterocycles. The summed E-state index contributed by atoms with van der Waals surface area (Å²) in [6.07, 6.45) is 5.31. The summed E-state index contributed by atoms with van der Waals surface area (Å²) in [4.78, 5) is 4.44. The average Bonchev–Trinajstić information content (AvgIpc) is 3.16. The first-order valence-corrected chi connectivity index (χ1v) is 8.19. The van der Waals surface area contributed by atoms with Gasteiger partial charge in [0.2, 0.25) is 0 Å². The number of thioether (sulfide) groups is 1. The van der Waals surface area contributed by atoms with Gasteiger partial charge in [-0.2, -0.15) is 16.7 Å². The van der Waals surface area contributed by atoms with Crippen LogP contribution < -0.4 is 10.5 Å². The third kappa shape index (κ3) is 3.32. The van der Waals surface area contributed by atoms with E-state index in [1.54, 1.807) is 13.2 Å². The Morgan fingerprint density at radius 3 is 2.90 bits per heavy atom. The van der Waals surface area contributed by atoms with Crippen molar-refractivity contribution in [1.82, 2.24) is 10.1 Å². The van der Waals surface area contributed by atoms with Crippen LogP contribution in [-0.2, 0) is 5.75 Å². The second-order valence-electron chi connectivity index (χ2n) is 5.19. The molecule has 21 heavy (non-hydrogen) atoms. The van der Waals surface area contributed by atoms with Crippen molar-refractivity contribution in [3.63, 3.8) is 0 Å². The van der Waals surface area contributed by atoms with E-state index in [2.05, 4.69) is 10.1 Å². The van der Waals surface area contributed by atoms with Gasteiger partial charge in [0, 0.05) is 10.8 Å². The van der Waals surface area contributed by atoms with Crippen molar-refractivity contribution in [2.75, 3.05) is 12.8 Å². The van der Waals surface area contributed by atoms with Crippen molar-refractivity contribution in [2.45, 2.75) is 36.7 Å². The highest BCUT2D eigenvalue weighted by Crippen LogP contribution is 2.32. The van der Waals surface area contributed by atoms with Gasteiger partial charge in [0.1, 0.15) is 5.75 Å². The predicted molar refractivity (Wildman–Crippen MR) is 84.2 cm³/mol. The molecular weight excluding hydrogens is 286 g/mol. The van der Waals surface area contributed by atoms with Gasteiger partial charge in [-0.3, -0.25) is 0 Å². The predicted octanol–water partition coefficient (Wildman–Crippen LogP) is 3.50. The largest absolute Gasteiger partial charge is 0.495 e. The monoisotopic (exact) mass is 305 g/mol. The first-order chi connectivity index (χ1) is 10.3. The maximum atomic E-state index is 5.90. The topological polar surface area (TPSA) is 74.2 Å². The van der Waals surface area contributed by atoms with E-state index in [0.717, 1.165) is 22.4 Å². The van der Waals surface area contributed by atoms with Crippen LogP contribution in [0.2, 0.25) is 0 Å². The number of benzene rings is 1. The second kappa shape index (κ2) is 6.39. The van der Waals surface area contributed by atoms with Crippen molar-refractivity contribution in [2.24, 2.45) is 0 Å². The van der Waals surface area contributed by atoms with Gasteiger partial charge in [0.15, 0.2) is 5.82 Å². The summed E-state index contributed by atoms with van der Waals surface area (Å²) in [6, 6.07) is 5.47. The van der Waals surface area contributed by atoms with Gasteiger partial charge >= 0.3 is 0 Å². The van der Waals surface area contributed by atoms with Gasteiger partial charge < -0.3 is 15.0 Å². The van der Waals surface area contributed by atoms with Crippen LogP contribution in [0.4, 0.5) is 5.69 Å². The minimum atomic E-state index is 0.506. The number of rotatable bonds is 5. The van der Waals surface area contributed by atoms with E-state index in [0.29, 0.717) is 17.3 Å². The van der Waals surface area contributed by atoms with Gasteiger partial charge in [-0.05, 0) is 31.0 Å². The van der Waals surface area contributed by atoms with Crippen molar-refractivity contribution < 1.29 is 9.26 Å². The SMILES string of the molecule is COc1ccc(-c2nc(CSC3CCCC3)no2)cc1N. The Bertz CT molecular complexity index is 609. The molecule has 6 heteroatoms. The zero-order chi connectivity index (χ0) is 14.7. The first kappa shape index (κ1) is 14.3. The molecule has 0 amide bonds. The molecular formula is C15H19N3O2S. The second-order valence-corrected chi connectivity index (χ2v) is 6.48. The van der Waals surface area contributed by atoms with E-state index in [-0.39, 0.29) is 0 Å². The molecule has 0 spiro atoms. The number of nitrogens with two attached hydrogens (primary N) is 1. The highest BCUT2D eigenvalue weighted by molar-refractivity contribution is 7.99. The number of anilines is 1. The Morgan fingerprint density at radius 2 is 2.19 bits per heavy atom. The molecule has 1 saturated carbocycles. The molecule has 1 heterocycles. The number of aromatic nitrogens is 2. The lowest BCUT2D eigenvalue weighted by Crippen LogP contribution is -1.96. The quantitative estimate of drug-likeness (QED) is 0.852. The fraction of sp³-hybridized carbons (Fsp3) is 0.467. The lowest BCUT2D eigenvalue weighted by molar-refractivity contribution is 0.416. The van der Waals surface area contributed by atoms with Gasteiger partial charge in [-0.1, -0.05) is 18.0 Å². The van der Waals surface area contributed by atoms with Crippen LogP contribution in [0.5, 0.6) is 5.75 Å². The van der Waals surface area contributed by atoms with E-state index >= 15 is 0 Å². The molecule has 1 fully saturated rings. The third-order valence-electron chi connectivity index (χ3n) is 3.70. The van der Waals surface area contributed by atoms with E-state index in [9.17, 15) is 0 Å². The van der Waals surface area contributed by atoms with E-state index in [1.165, 1.54) is 25.7 Å². The molecule has 112 valence electrons. The molecule has 1 aliphatic carbocycles. The summed E-state index contributed by atoms with van der Waals surface area (Å²) in [6.45, 7) is 0. The smallest absolute Gasteiger partial charge is 0.258 e. The standard InChI is InChI=1S/C15H19N3O2S/c1-19-13-7-6-10(8-12(13)16)15-17-14(18-20-15)9-21-11-4-2-3-5-11/h6-8,11H,2-5,9,16H2,1H3. The Kier molecular flexibility index (Phi) is 4.34. The van der Waals surface area contributed by atoms with Gasteiger partial charge in [0.05, 0.1) is 18.6 Å². The molecule has 2 N–H and O–H groups in total. The van der Waals surface area contributed by atoms with E-state index in [1.807, 2.05) is 23.9 Å². The van der Waals surface area contributed by atoms with Gasteiger partial charge in [-0.25, -0.2) is 0 Å². The molecule has 2 aromatic rings. The van der Waals surface area contributed by atoms with Crippen LogP contribution in [0, 0.1) is 0 Å². The third-order valence-corrected chi connectivity index (χ3v) is 5.06. The van der Waals surface area contributed by atoms with Crippen LogP contribution in [0.15, 0.2) is 22.7 Å². The Labute approximate surface area is 128 Å². The summed E-state index contributed by atoms with van der Waals surface area (Å²) in [5, 5.41) is 4.80. The molecule has 1 aliphatic rings. The minimum absolute atomic E-state index is 0.506. The lowest BCUT2D eigenvalue weighted by atomic mass is 10.2. The number of hydrogen-bond donors (Lipinski definition) is 1. The number of methoxy groups -OCH3 is 1. The van der Waals surface area contributed by atoms with Crippen LogP contribution >= 0.6 is 11.8 Å². The van der Waals surface area contributed by atoms with Gasteiger partial charge in [-0.15, -0.1) is 0 Å². The lowest BCUT2D eigenvalue weighted by Gasteiger charge is -2.05. The zero-order valence-corrected chi connectivity index (χ0v) is 12.9. The molecule has 5 nitrogen and oxygen atoms in total. The molecule has 3 rings (SSSR count). The molecule has 0 aliphatic heterocycles. The van der Waals surface area contributed by atoms with Crippen LogP contribution in [0.25, 0.3) is 11.5 Å². The summed E-state index contributed by atoms with van der Waals surface area (Å²) >= 11 is 1.93. The van der Waals surface area contributed by atoms with Crippen LogP contribution in [-0.4, -0.2) is 22.5 Å². The summed E-state index contributed by atoms with van der Waals surface area (Å²) in [7, 11) is 1.59. The van der Waals surface area contributed by atoms with Crippen molar-refractivity contribution in [1.29, 1.82) is 0 Å². The summed E-state index contributed by atoms with van der Waals surface area (Å²) in [5.74, 6) is 2.71. The molecule has 1 aromatic carbocycles. The van der Waals surface area contributed by atoms with Gasteiger partial charge in [0.25, 0.3) is 5.89 Å². The highest BCUT2D eigenvalue weighted by atomic mass is 32.2. The van der Waals surface area contributed by atoms with Crippen molar-refractivity contribution in [3.8, 4) is 17.2 Å². The fourth-order valence-electron chi connectivity index (χ4n) is 2.54. The molecule has 0 atom stereocenters. The van der Waals surface area contributed by atoms with Crippen LogP contribution in [0.3, 0.4) is 0 Å². The van der Waals surface area contributed by atoms with Crippen molar-refractivity contribution in [3.05, 3.63) is 24.0 Å². The minimum Gasteiger partial charge on any atom is -0.495 e. The number of nitrogen functional groups attached to an aromatic ring is 1. The molecule has 0 bridgehead atoms. The zero-order valence-electron chi connectivity index (χ0n) is 12.0. The first-order valence-electron chi connectivity index (χ1n) is 7.14. The Balaban J connectivity index is 1.67. The average molecular weight is 305 g/mol.